The molecule has 20 heavy (non-hydrogen) atoms. The van der Waals surface area contributed by atoms with Crippen LogP contribution in [0.4, 0.5) is 11.4 Å². The minimum atomic E-state index is 0.548. The van der Waals surface area contributed by atoms with Crippen LogP contribution in [0.5, 0.6) is 5.75 Å². The number of nitrogens with zero attached hydrogens (tertiary/aromatic N) is 1. The Morgan fingerprint density at radius 2 is 2.05 bits per heavy atom. The summed E-state index contributed by atoms with van der Waals surface area (Å²) in [6.07, 6.45) is 0. The van der Waals surface area contributed by atoms with Crippen LogP contribution in [0.2, 0.25) is 0 Å². The van der Waals surface area contributed by atoms with Crippen LogP contribution in [0.15, 0.2) is 36.4 Å². The predicted octanol–water partition coefficient (Wildman–Crippen LogP) is 3.07. The lowest BCUT2D eigenvalue weighted by Gasteiger charge is -2.12. The minimum Gasteiger partial charge on any atom is -0.496 e. The molecular weight excluding hydrogens is 250 g/mol. The smallest absolute Gasteiger partial charge is 0.123 e. The summed E-state index contributed by atoms with van der Waals surface area (Å²) in [5.41, 5.74) is 9.98. The lowest BCUT2D eigenvalue weighted by Crippen LogP contribution is -2.04. The van der Waals surface area contributed by atoms with Gasteiger partial charge in [-0.3, -0.25) is 0 Å². The molecule has 0 aromatic heterocycles. The Balaban J connectivity index is 2.23. The van der Waals surface area contributed by atoms with Gasteiger partial charge in [-0.25, -0.2) is 0 Å². The van der Waals surface area contributed by atoms with E-state index in [4.69, 9.17) is 15.7 Å². The molecule has 0 saturated carbocycles. The standard InChI is InChI=1S/C16H17N3O/c1-11-3-4-12(9-17)15(7-11)19-10-13-8-14(18)5-6-16(13)20-2/h3-8,19H,10,18H2,1-2H3. The first kappa shape index (κ1) is 13.8. The number of nitrogens with two attached hydrogens (primary N) is 1. The second-order valence-corrected chi connectivity index (χ2v) is 4.59. The Morgan fingerprint density at radius 3 is 2.75 bits per heavy atom. The maximum absolute atomic E-state index is 9.12. The van der Waals surface area contributed by atoms with Gasteiger partial charge in [-0.15, -0.1) is 0 Å². The van der Waals surface area contributed by atoms with E-state index in [1.807, 2.05) is 37.3 Å². The largest absolute Gasteiger partial charge is 0.496 e. The molecule has 0 saturated heterocycles. The molecule has 0 fully saturated rings. The molecule has 0 heterocycles. The number of hydrogen-bond donors (Lipinski definition) is 2. The number of ether oxygens (including phenoxy) is 1. The van der Waals surface area contributed by atoms with Crippen LogP contribution in [0.1, 0.15) is 16.7 Å². The average Bonchev–Trinajstić information content (AvgIpc) is 2.45. The molecule has 4 heteroatoms. The number of benzene rings is 2. The molecule has 0 aliphatic carbocycles. The number of hydrogen-bond acceptors (Lipinski definition) is 4. The first-order valence-electron chi connectivity index (χ1n) is 6.31. The lowest BCUT2D eigenvalue weighted by atomic mass is 10.1. The van der Waals surface area contributed by atoms with Gasteiger partial charge in [-0.2, -0.15) is 5.26 Å². The zero-order valence-corrected chi connectivity index (χ0v) is 11.6. The molecule has 0 aliphatic rings. The lowest BCUT2D eigenvalue weighted by molar-refractivity contribution is 0.410. The van der Waals surface area contributed by atoms with E-state index in [9.17, 15) is 0 Å². The van der Waals surface area contributed by atoms with Gasteiger partial charge >= 0.3 is 0 Å². The van der Waals surface area contributed by atoms with E-state index >= 15 is 0 Å². The predicted molar refractivity (Wildman–Crippen MR) is 80.6 cm³/mol. The van der Waals surface area contributed by atoms with Crippen molar-refractivity contribution in [1.29, 1.82) is 5.26 Å². The summed E-state index contributed by atoms with van der Waals surface area (Å²) in [7, 11) is 1.63. The van der Waals surface area contributed by atoms with Crippen molar-refractivity contribution in [3.8, 4) is 11.8 Å². The maximum Gasteiger partial charge on any atom is 0.123 e. The van der Waals surface area contributed by atoms with Crippen molar-refractivity contribution in [2.24, 2.45) is 0 Å². The minimum absolute atomic E-state index is 0.548. The van der Waals surface area contributed by atoms with Crippen LogP contribution in [0, 0.1) is 18.3 Å². The third-order valence-corrected chi connectivity index (χ3v) is 3.07. The molecule has 0 bridgehead atoms. The van der Waals surface area contributed by atoms with Crippen molar-refractivity contribution in [1.82, 2.24) is 0 Å². The average molecular weight is 267 g/mol. The highest BCUT2D eigenvalue weighted by Gasteiger charge is 2.06. The van der Waals surface area contributed by atoms with Crippen LogP contribution in [-0.4, -0.2) is 7.11 Å². The number of nitriles is 1. The van der Waals surface area contributed by atoms with Crippen LogP contribution in [0.3, 0.4) is 0 Å². The van der Waals surface area contributed by atoms with Gasteiger partial charge in [0.25, 0.3) is 0 Å². The summed E-state index contributed by atoms with van der Waals surface area (Å²) in [5.74, 6) is 0.776. The molecule has 2 aromatic carbocycles. The summed E-state index contributed by atoms with van der Waals surface area (Å²) in [4.78, 5) is 0. The van der Waals surface area contributed by atoms with Crippen molar-refractivity contribution in [2.45, 2.75) is 13.5 Å². The van der Waals surface area contributed by atoms with Gasteiger partial charge in [0.2, 0.25) is 0 Å². The zero-order valence-electron chi connectivity index (χ0n) is 11.6. The second kappa shape index (κ2) is 5.98. The molecule has 2 rings (SSSR count). The fraction of sp³-hybridized carbons (Fsp3) is 0.188. The number of nitrogen functional groups attached to an aromatic ring is 1. The topological polar surface area (TPSA) is 71.1 Å². The molecule has 0 spiro atoms. The quantitative estimate of drug-likeness (QED) is 0.835. The van der Waals surface area contributed by atoms with Crippen molar-refractivity contribution in [3.63, 3.8) is 0 Å². The van der Waals surface area contributed by atoms with E-state index < -0.39 is 0 Å². The normalized spacial score (nSPS) is 9.85. The molecule has 102 valence electrons. The van der Waals surface area contributed by atoms with Crippen molar-refractivity contribution in [3.05, 3.63) is 53.1 Å². The van der Waals surface area contributed by atoms with Gasteiger partial charge in [0.1, 0.15) is 11.8 Å². The molecular formula is C16H17N3O. The van der Waals surface area contributed by atoms with Crippen molar-refractivity contribution in [2.75, 3.05) is 18.2 Å². The van der Waals surface area contributed by atoms with Gasteiger partial charge in [-0.05, 0) is 42.8 Å². The Labute approximate surface area is 118 Å². The monoisotopic (exact) mass is 267 g/mol. The highest BCUT2D eigenvalue weighted by Crippen LogP contribution is 2.23. The van der Waals surface area contributed by atoms with Gasteiger partial charge in [-0.1, -0.05) is 6.07 Å². The Hall–Kier alpha value is -2.67. The Bertz CT molecular complexity index is 659. The molecule has 0 unspecified atom stereocenters. The van der Waals surface area contributed by atoms with Crippen molar-refractivity contribution >= 4 is 11.4 Å². The highest BCUT2D eigenvalue weighted by molar-refractivity contribution is 5.59. The van der Waals surface area contributed by atoms with E-state index in [1.165, 1.54) is 0 Å². The molecule has 4 nitrogen and oxygen atoms in total. The second-order valence-electron chi connectivity index (χ2n) is 4.59. The van der Waals surface area contributed by atoms with E-state index in [1.54, 1.807) is 13.2 Å². The SMILES string of the molecule is COc1ccc(N)cc1CNc1cc(C)ccc1C#N. The molecule has 0 atom stereocenters. The summed E-state index contributed by atoms with van der Waals surface area (Å²) in [6, 6.07) is 13.4. The van der Waals surface area contributed by atoms with Gasteiger partial charge in [0.05, 0.1) is 18.4 Å². The Kier molecular flexibility index (Phi) is 4.11. The number of rotatable bonds is 4. The van der Waals surface area contributed by atoms with Gasteiger partial charge < -0.3 is 15.8 Å². The Morgan fingerprint density at radius 1 is 1.25 bits per heavy atom. The number of aryl methyl sites for hydroxylation is 1. The fourth-order valence-corrected chi connectivity index (χ4v) is 2.03. The van der Waals surface area contributed by atoms with Crippen LogP contribution >= 0.6 is 0 Å². The van der Waals surface area contributed by atoms with E-state index in [2.05, 4.69) is 11.4 Å². The van der Waals surface area contributed by atoms with Gasteiger partial charge in [0, 0.05) is 17.8 Å². The summed E-state index contributed by atoms with van der Waals surface area (Å²) in [5, 5.41) is 12.4. The highest BCUT2D eigenvalue weighted by atomic mass is 16.5. The first-order chi connectivity index (χ1) is 9.63. The summed E-state index contributed by atoms with van der Waals surface area (Å²) < 4.78 is 5.31. The van der Waals surface area contributed by atoms with Gasteiger partial charge in [0.15, 0.2) is 0 Å². The number of nitrogens with one attached hydrogen (secondary N) is 1. The fourth-order valence-electron chi connectivity index (χ4n) is 2.03. The zero-order chi connectivity index (χ0) is 14.5. The van der Waals surface area contributed by atoms with Crippen LogP contribution in [-0.2, 0) is 6.54 Å². The maximum atomic E-state index is 9.12. The van der Waals surface area contributed by atoms with E-state index in [0.717, 1.165) is 22.6 Å². The third-order valence-electron chi connectivity index (χ3n) is 3.07. The number of anilines is 2. The molecule has 3 N–H and O–H groups in total. The molecule has 0 radical (unpaired) electrons. The van der Waals surface area contributed by atoms with Crippen LogP contribution < -0.4 is 15.8 Å². The first-order valence-corrected chi connectivity index (χ1v) is 6.31. The van der Waals surface area contributed by atoms with Crippen LogP contribution in [0.25, 0.3) is 0 Å². The molecule has 0 amide bonds. The van der Waals surface area contributed by atoms with E-state index in [-0.39, 0.29) is 0 Å². The number of methoxy groups -OCH3 is 1. The molecule has 2 aromatic rings. The summed E-state index contributed by atoms with van der Waals surface area (Å²) >= 11 is 0. The van der Waals surface area contributed by atoms with E-state index in [0.29, 0.717) is 17.8 Å². The van der Waals surface area contributed by atoms with Crippen molar-refractivity contribution < 1.29 is 4.74 Å². The molecule has 0 aliphatic heterocycles. The summed E-state index contributed by atoms with van der Waals surface area (Å²) in [6.45, 7) is 2.54. The third kappa shape index (κ3) is 3.01.